The van der Waals surface area contributed by atoms with E-state index < -0.39 is 0 Å². The van der Waals surface area contributed by atoms with Crippen LogP contribution in [0.1, 0.15) is 23.2 Å². The van der Waals surface area contributed by atoms with Crippen LogP contribution in [0.5, 0.6) is 5.75 Å². The van der Waals surface area contributed by atoms with Crippen LogP contribution in [0.2, 0.25) is 0 Å². The predicted molar refractivity (Wildman–Crippen MR) is 89.7 cm³/mol. The van der Waals surface area contributed by atoms with E-state index in [0.717, 1.165) is 25.2 Å². The molecule has 1 heterocycles. The first kappa shape index (κ1) is 15.4. The van der Waals surface area contributed by atoms with Gasteiger partial charge in [0.2, 0.25) is 0 Å². The van der Waals surface area contributed by atoms with Gasteiger partial charge >= 0.3 is 0 Å². The molecule has 1 unspecified atom stereocenters. The second-order valence-electron chi connectivity index (χ2n) is 5.51. The maximum Gasteiger partial charge on any atom is 0.255 e. The zero-order valence-electron chi connectivity index (χ0n) is 12.8. The van der Waals surface area contributed by atoms with Crippen molar-refractivity contribution in [3.63, 3.8) is 0 Å². The van der Waals surface area contributed by atoms with E-state index in [-0.39, 0.29) is 12.0 Å². The standard InChI is InChI=1S/C18H20N2O3/c19-16-5-1-2-6-17(16)20-18(21)13-7-9-14(10-8-13)23-12-15-4-3-11-22-15/h1-2,5-10,15H,3-4,11-12,19H2,(H,20,21). The minimum Gasteiger partial charge on any atom is -0.491 e. The number of rotatable bonds is 5. The number of nitrogens with two attached hydrogens (primary N) is 1. The van der Waals surface area contributed by atoms with E-state index >= 15 is 0 Å². The molecule has 3 N–H and O–H groups in total. The fourth-order valence-electron chi connectivity index (χ4n) is 2.47. The Morgan fingerprint density at radius 2 is 2.00 bits per heavy atom. The van der Waals surface area contributed by atoms with Crippen LogP contribution in [0.15, 0.2) is 48.5 Å². The highest BCUT2D eigenvalue weighted by Crippen LogP contribution is 2.20. The molecule has 5 heteroatoms. The van der Waals surface area contributed by atoms with Crippen LogP contribution in [0.25, 0.3) is 0 Å². The average Bonchev–Trinajstić information content (AvgIpc) is 3.09. The van der Waals surface area contributed by atoms with Gasteiger partial charge in [-0.05, 0) is 49.2 Å². The molecule has 0 bridgehead atoms. The van der Waals surface area contributed by atoms with Gasteiger partial charge in [0.15, 0.2) is 0 Å². The summed E-state index contributed by atoms with van der Waals surface area (Å²) in [6, 6.07) is 14.2. The lowest BCUT2D eigenvalue weighted by Gasteiger charge is -2.12. The monoisotopic (exact) mass is 312 g/mol. The van der Waals surface area contributed by atoms with E-state index in [1.54, 1.807) is 36.4 Å². The molecule has 0 saturated carbocycles. The Morgan fingerprint density at radius 1 is 1.22 bits per heavy atom. The fraction of sp³-hybridized carbons (Fsp3) is 0.278. The molecule has 5 nitrogen and oxygen atoms in total. The number of hydrogen-bond acceptors (Lipinski definition) is 4. The molecular formula is C18H20N2O3. The number of ether oxygens (including phenoxy) is 2. The van der Waals surface area contributed by atoms with E-state index in [4.69, 9.17) is 15.2 Å². The summed E-state index contributed by atoms with van der Waals surface area (Å²) in [4.78, 5) is 12.2. The van der Waals surface area contributed by atoms with Crippen molar-refractivity contribution >= 4 is 17.3 Å². The first-order valence-corrected chi connectivity index (χ1v) is 7.73. The van der Waals surface area contributed by atoms with Crippen LogP contribution in [0.3, 0.4) is 0 Å². The van der Waals surface area contributed by atoms with Crippen molar-refractivity contribution in [3.8, 4) is 5.75 Å². The quantitative estimate of drug-likeness (QED) is 0.832. The van der Waals surface area contributed by atoms with Gasteiger partial charge in [0.1, 0.15) is 12.4 Å². The molecule has 0 aromatic heterocycles. The van der Waals surface area contributed by atoms with Gasteiger partial charge in [-0.25, -0.2) is 0 Å². The van der Waals surface area contributed by atoms with Crippen LogP contribution in [-0.4, -0.2) is 25.2 Å². The number of para-hydroxylation sites is 2. The summed E-state index contributed by atoms with van der Waals surface area (Å²) >= 11 is 0. The number of anilines is 2. The number of amides is 1. The number of nitrogens with one attached hydrogen (secondary N) is 1. The Kier molecular flexibility index (Phi) is 4.78. The smallest absolute Gasteiger partial charge is 0.255 e. The van der Waals surface area contributed by atoms with Crippen LogP contribution >= 0.6 is 0 Å². The zero-order valence-corrected chi connectivity index (χ0v) is 12.8. The Hall–Kier alpha value is -2.53. The summed E-state index contributed by atoms with van der Waals surface area (Å²) in [6.45, 7) is 1.36. The summed E-state index contributed by atoms with van der Waals surface area (Å²) in [5.41, 5.74) is 7.52. The Morgan fingerprint density at radius 3 is 2.70 bits per heavy atom. The highest BCUT2D eigenvalue weighted by molar-refractivity contribution is 6.05. The lowest BCUT2D eigenvalue weighted by Crippen LogP contribution is -2.16. The predicted octanol–water partition coefficient (Wildman–Crippen LogP) is 3.08. The van der Waals surface area contributed by atoms with E-state index in [0.29, 0.717) is 23.5 Å². The Balaban J connectivity index is 1.57. The minimum absolute atomic E-state index is 0.180. The molecule has 120 valence electrons. The van der Waals surface area contributed by atoms with Crippen LogP contribution in [-0.2, 0) is 4.74 Å². The van der Waals surface area contributed by atoms with Crippen molar-refractivity contribution < 1.29 is 14.3 Å². The molecule has 23 heavy (non-hydrogen) atoms. The minimum atomic E-state index is -0.200. The molecule has 1 atom stereocenters. The van der Waals surface area contributed by atoms with Gasteiger partial charge < -0.3 is 20.5 Å². The second-order valence-corrected chi connectivity index (χ2v) is 5.51. The summed E-state index contributed by atoms with van der Waals surface area (Å²) < 4.78 is 11.2. The van der Waals surface area contributed by atoms with Gasteiger partial charge in [-0.3, -0.25) is 4.79 Å². The molecule has 0 spiro atoms. The first-order chi connectivity index (χ1) is 11.2. The molecule has 1 amide bonds. The van der Waals surface area contributed by atoms with Gasteiger partial charge in [0.05, 0.1) is 17.5 Å². The summed E-state index contributed by atoms with van der Waals surface area (Å²) in [5, 5.41) is 2.80. The van der Waals surface area contributed by atoms with Crippen LogP contribution < -0.4 is 15.8 Å². The van der Waals surface area contributed by atoms with Crippen molar-refractivity contribution in [1.82, 2.24) is 0 Å². The topological polar surface area (TPSA) is 73.6 Å². The van der Waals surface area contributed by atoms with Crippen molar-refractivity contribution in [2.24, 2.45) is 0 Å². The van der Waals surface area contributed by atoms with Crippen molar-refractivity contribution in [1.29, 1.82) is 0 Å². The van der Waals surface area contributed by atoms with Gasteiger partial charge in [-0.1, -0.05) is 12.1 Å². The van der Waals surface area contributed by atoms with Gasteiger partial charge in [-0.2, -0.15) is 0 Å². The highest BCUT2D eigenvalue weighted by atomic mass is 16.5. The molecule has 1 aliphatic heterocycles. The SMILES string of the molecule is Nc1ccccc1NC(=O)c1ccc(OCC2CCCO2)cc1. The maximum atomic E-state index is 12.2. The Labute approximate surface area is 135 Å². The van der Waals surface area contributed by atoms with Crippen molar-refractivity contribution in [2.45, 2.75) is 18.9 Å². The molecule has 1 fully saturated rings. The second kappa shape index (κ2) is 7.15. The third-order valence-electron chi connectivity index (χ3n) is 3.79. The largest absolute Gasteiger partial charge is 0.491 e. The number of benzene rings is 2. The van der Waals surface area contributed by atoms with Crippen molar-refractivity contribution in [2.75, 3.05) is 24.3 Å². The summed E-state index contributed by atoms with van der Waals surface area (Å²) in [7, 11) is 0. The molecular weight excluding hydrogens is 292 g/mol. The third-order valence-corrected chi connectivity index (χ3v) is 3.79. The molecule has 0 radical (unpaired) electrons. The van der Waals surface area contributed by atoms with E-state index in [1.165, 1.54) is 0 Å². The highest BCUT2D eigenvalue weighted by Gasteiger charge is 2.16. The first-order valence-electron chi connectivity index (χ1n) is 7.73. The molecule has 0 aliphatic carbocycles. The third kappa shape index (κ3) is 4.02. The molecule has 1 aliphatic rings. The maximum absolute atomic E-state index is 12.2. The average molecular weight is 312 g/mol. The van der Waals surface area contributed by atoms with E-state index in [9.17, 15) is 4.79 Å². The molecule has 2 aromatic carbocycles. The lowest BCUT2D eigenvalue weighted by molar-refractivity contribution is 0.0679. The Bertz CT molecular complexity index is 664. The molecule has 3 rings (SSSR count). The van der Waals surface area contributed by atoms with Crippen LogP contribution in [0.4, 0.5) is 11.4 Å². The van der Waals surface area contributed by atoms with Gasteiger partial charge in [0, 0.05) is 12.2 Å². The number of carbonyl (C=O) groups excluding carboxylic acids is 1. The number of hydrogen-bond donors (Lipinski definition) is 2. The van der Waals surface area contributed by atoms with Gasteiger partial charge in [-0.15, -0.1) is 0 Å². The summed E-state index contributed by atoms with van der Waals surface area (Å²) in [5.74, 6) is 0.532. The van der Waals surface area contributed by atoms with Crippen molar-refractivity contribution in [3.05, 3.63) is 54.1 Å². The molecule has 1 saturated heterocycles. The normalized spacial score (nSPS) is 17.0. The molecule has 2 aromatic rings. The lowest BCUT2D eigenvalue weighted by atomic mass is 10.2. The number of nitrogen functional groups attached to an aromatic ring is 1. The van der Waals surface area contributed by atoms with E-state index in [1.807, 2.05) is 12.1 Å². The fourth-order valence-corrected chi connectivity index (χ4v) is 2.47. The van der Waals surface area contributed by atoms with E-state index in [2.05, 4.69) is 5.32 Å². The summed E-state index contributed by atoms with van der Waals surface area (Å²) in [6.07, 6.45) is 2.31. The number of carbonyl (C=O) groups is 1. The van der Waals surface area contributed by atoms with Gasteiger partial charge in [0.25, 0.3) is 5.91 Å². The zero-order chi connectivity index (χ0) is 16.1. The van der Waals surface area contributed by atoms with Crippen LogP contribution in [0, 0.1) is 0 Å².